The summed E-state index contributed by atoms with van der Waals surface area (Å²) in [6.45, 7) is 1.59. The van der Waals surface area contributed by atoms with Gasteiger partial charge >= 0.3 is 5.97 Å². The number of aryl methyl sites for hydroxylation is 1. The molecule has 0 aliphatic rings. The lowest BCUT2D eigenvalue weighted by molar-refractivity contribution is 0.0696. The van der Waals surface area contributed by atoms with Gasteiger partial charge in [-0.3, -0.25) is 0 Å². The van der Waals surface area contributed by atoms with Crippen LogP contribution >= 0.6 is 38.5 Å². The van der Waals surface area contributed by atoms with Gasteiger partial charge in [-0.25, -0.2) is 4.79 Å². The first-order chi connectivity index (χ1) is 7.99. The van der Waals surface area contributed by atoms with Gasteiger partial charge in [0.05, 0.1) is 0 Å². The lowest BCUT2D eigenvalue weighted by atomic mass is 10.1. The van der Waals surface area contributed by atoms with E-state index in [2.05, 4.69) is 43.7 Å². The number of benzene rings is 1. The van der Waals surface area contributed by atoms with Crippen LogP contribution in [0.5, 0.6) is 0 Å². The maximum atomic E-state index is 11.1. The summed E-state index contributed by atoms with van der Waals surface area (Å²) in [6, 6.07) is 5.60. The molecular weight excluding hydrogens is 401 g/mol. The van der Waals surface area contributed by atoms with E-state index in [-0.39, 0.29) is 5.56 Å². The number of carbonyl (C=O) groups is 1. The third-order valence-electron chi connectivity index (χ3n) is 2.21. The minimum atomic E-state index is -1.03. The Bertz CT molecular complexity index is 574. The number of aromatic carboxylic acids is 1. The SMILES string of the molecule is Cc1onc(-c2cc(Br)cc(I)c2)c1C(=O)O. The highest BCUT2D eigenvalue weighted by Gasteiger charge is 2.21. The first-order valence-electron chi connectivity index (χ1n) is 4.65. The number of carboxylic acids is 1. The van der Waals surface area contributed by atoms with E-state index in [0.29, 0.717) is 11.5 Å². The minimum absolute atomic E-state index is 0.110. The van der Waals surface area contributed by atoms with Gasteiger partial charge in [-0.2, -0.15) is 0 Å². The summed E-state index contributed by atoms with van der Waals surface area (Å²) in [5, 5.41) is 12.9. The molecule has 0 unspecified atom stereocenters. The molecule has 0 atom stereocenters. The second kappa shape index (κ2) is 4.77. The lowest BCUT2D eigenvalue weighted by Crippen LogP contribution is -1.99. The van der Waals surface area contributed by atoms with Crippen molar-refractivity contribution in [3.63, 3.8) is 0 Å². The number of carboxylic acid groups (broad SMARTS) is 1. The topological polar surface area (TPSA) is 63.3 Å². The Balaban J connectivity index is 2.64. The van der Waals surface area contributed by atoms with Crippen molar-refractivity contribution in [3.8, 4) is 11.3 Å². The number of halogens is 2. The van der Waals surface area contributed by atoms with Gasteiger partial charge in [-0.15, -0.1) is 0 Å². The monoisotopic (exact) mass is 407 g/mol. The zero-order valence-electron chi connectivity index (χ0n) is 8.70. The molecule has 1 heterocycles. The summed E-state index contributed by atoms with van der Waals surface area (Å²) in [4.78, 5) is 11.1. The maximum absolute atomic E-state index is 11.1. The van der Waals surface area contributed by atoms with Crippen molar-refractivity contribution in [1.82, 2.24) is 5.16 Å². The number of nitrogens with zero attached hydrogens (tertiary/aromatic N) is 1. The second-order valence-electron chi connectivity index (χ2n) is 3.43. The van der Waals surface area contributed by atoms with Crippen molar-refractivity contribution >= 4 is 44.5 Å². The van der Waals surface area contributed by atoms with E-state index in [1.54, 1.807) is 6.92 Å². The molecular formula is C11H7BrINO3. The fourth-order valence-corrected chi connectivity index (χ4v) is 3.10. The van der Waals surface area contributed by atoms with Gasteiger partial charge in [0.2, 0.25) is 0 Å². The highest BCUT2D eigenvalue weighted by atomic mass is 127. The molecule has 0 fully saturated rings. The van der Waals surface area contributed by atoms with E-state index < -0.39 is 5.97 Å². The quantitative estimate of drug-likeness (QED) is 0.770. The Morgan fingerprint density at radius 2 is 2.18 bits per heavy atom. The van der Waals surface area contributed by atoms with Crippen LogP contribution in [0.3, 0.4) is 0 Å². The van der Waals surface area contributed by atoms with Gasteiger partial charge in [-0.05, 0) is 47.7 Å². The zero-order valence-corrected chi connectivity index (χ0v) is 12.4. The molecule has 6 heteroatoms. The van der Waals surface area contributed by atoms with E-state index in [1.807, 2.05) is 18.2 Å². The number of hydrogen-bond donors (Lipinski definition) is 1. The highest BCUT2D eigenvalue weighted by molar-refractivity contribution is 14.1. The fraction of sp³-hybridized carbons (Fsp3) is 0.0909. The first kappa shape index (κ1) is 12.6. The Labute approximate surface area is 119 Å². The van der Waals surface area contributed by atoms with Crippen LogP contribution in [0.2, 0.25) is 0 Å². The van der Waals surface area contributed by atoms with Crippen LogP contribution in [0.4, 0.5) is 0 Å². The molecule has 4 nitrogen and oxygen atoms in total. The van der Waals surface area contributed by atoms with Crippen LogP contribution in [-0.2, 0) is 0 Å². The smallest absolute Gasteiger partial charge is 0.341 e. The van der Waals surface area contributed by atoms with Gasteiger partial charge in [-0.1, -0.05) is 21.1 Å². The lowest BCUT2D eigenvalue weighted by Gasteiger charge is -2.01. The van der Waals surface area contributed by atoms with Crippen molar-refractivity contribution in [3.05, 3.63) is 37.6 Å². The molecule has 0 saturated heterocycles. The molecule has 0 saturated carbocycles. The molecule has 0 spiro atoms. The predicted molar refractivity (Wildman–Crippen MR) is 74.1 cm³/mol. The second-order valence-corrected chi connectivity index (χ2v) is 5.59. The Morgan fingerprint density at radius 1 is 1.47 bits per heavy atom. The molecule has 0 aliphatic heterocycles. The normalized spacial score (nSPS) is 10.5. The molecule has 2 rings (SSSR count). The summed E-state index contributed by atoms with van der Waals surface area (Å²) in [7, 11) is 0. The van der Waals surface area contributed by atoms with Gasteiger partial charge < -0.3 is 9.63 Å². The molecule has 0 radical (unpaired) electrons. The Morgan fingerprint density at radius 3 is 2.76 bits per heavy atom. The molecule has 0 amide bonds. The van der Waals surface area contributed by atoms with Crippen LogP contribution in [0.1, 0.15) is 16.1 Å². The Kier molecular flexibility index (Phi) is 3.53. The summed E-state index contributed by atoms with van der Waals surface area (Å²) >= 11 is 5.53. The van der Waals surface area contributed by atoms with E-state index in [9.17, 15) is 4.79 Å². The largest absolute Gasteiger partial charge is 0.477 e. The van der Waals surface area contributed by atoms with E-state index in [0.717, 1.165) is 13.6 Å². The van der Waals surface area contributed by atoms with Gasteiger partial charge in [0.15, 0.2) is 0 Å². The summed E-state index contributed by atoms with van der Waals surface area (Å²) in [5.41, 5.74) is 1.19. The van der Waals surface area contributed by atoms with Crippen LogP contribution < -0.4 is 0 Å². The molecule has 0 bridgehead atoms. The standard InChI is InChI=1S/C11H7BrINO3/c1-5-9(11(15)16)10(14-17-5)6-2-7(12)4-8(13)3-6/h2-4H,1H3,(H,15,16). The average molecular weight is 408 g/mol. The molecule has 1 aromatic carbocycles. The third-order valence-corrected chi connectivity index (χ3v) is 3.29. The number of aromatic nitrogens is 1. The van der Waals surface area contributed by atoms with Crippen LogP contribution in [0.15, 0.2) is 27.2 Å². The van der Waals surface area contributed by atoms with Gasteiger partial charge in [0, 0.05) is 13.6 Å². The van der Waals surface area contributed by atoms with Crippen LogP contribution in [-0.4, -0.2) is 16.2 Å². The van der Waals surface area contributed by atoms with Crippen LogP contribution in [0, 0.1) is 10.5 Å². The predicted octanol–water partition coefficient (Wildman–Crippen LogP) is 3.72. The van der Waals surface area contributed by atoms with E-state index >= 15 is 0 Å². The zero-order chi connectivity index (χ0) is 12.6. The first-order valence-corrected chi connectivity index (χ1v) is 6.52. The van der Waals surface area contributed by atoms with Gasteiger partial charge in [0.1, 0.15) is 17.0 Å². The number of rotatable bonds is 2. The fourth-order valence-electron chi connectivity index (χ4n) is 1.51. The molecule has 1 N–H and O–H groups in total. The van der Waals surface area contributed by atoms with E-state index in [1.165, 1.54) is 0 Å². The molecule has 2 aromatic rings. The molecule has 17 heavy (non-hydrogen) atoms. The minimum Gasteiger partial charge on any atom is -0.477 e. The molecule has 1 aromatic heterocycles. The van der Waals surface area contributed by atoms with Crippen molar-refractivity contribution in [2.24, 2.45) is 0 Å². The van der Waals surface area contributed by atoms with Crippen LogP contribution in [0.25, 0.3) is 11.3 Å². The molecule has 88 valence electrons. The summed E-state index contributed by atoms with van der Waals surface area (Å²) < 4.78 is 6.80. The van der Waals surface area contributed by atoms with Crippen molar-refractivity contribution in [2.45, 2.75) is 6.92 Å². The summed E-state index contributed by atoms with van der Waals surface area (Å²) in [6.07, 6.45) is 0. The maximum Gasteiger partial charge on any atom is 0.341 e. The Hall–Kier alpha value is -0.890. The van der Waals surface area contributed by atoms with E-state index in [4.69, 9.17) is 9.63 Å². The van der Waals surface area contributed by atoms with Crippen molar-refractivity contribution in [1.29, 1.82) is 0 Å². The van der Waals surface area contributed by atoms with Gasteiger partial charge in [0.25, 0.3) is 0 Å². The van der Waals surface area contributed by atoms with Crippen molar-refractivity contribution < 1.29 is 14.4 Å². The average Bonchev–Trinajstić information content (AvgIpc) is 2.58. The number of hydrogen-bond acceptors (Lipinski definition) is 3. The third kappa shape index (κ3) is 2.52. The van der Waals surface area contributed by atoms with Crippen molar-refractivity contribution in [2.75, 3.05) is 0 Å². The highest BCUT2D eigenvalue weighted by Crippen LogP contribution is 2.29. The molecule has 0 aliphatic carbocycles. The summed E-state index contributed by atoms with van der Waals surface area (Å²) in [5.74, 6) is -0.726.